The van der Waals surface area contributed by atoms with Crippen molar-refractivity contribution in [1.82, 2.24) is 10.3 Å². The molecule has 0 fully saturated rings. The number of amides is 1. The number of rotatable bonds is 3. The van der Waals surface area contributed by atoms with Crippen molar-refractivity contribution in [2.24, 2.45) is 0 Å². The third-order valence-corrected chi connectivity index (χ3v) is 3.10. The lowest BCUT2D eigenvalue weighted by atomic mass is 10.1. The van der Waals surface area contributed by atoms with E-state index in [-0.39, 0.29) is 16.8 Å². The lowest BCUT2D eigenvalue weighted by Crippen LogP contribution is -2.26. The zero-order valence-corrected chi connectivity index (χ0v) is 11.2. The molecule has 1 aromatic carbocycles. The summed E-state index contributed by atoms with van der Waals surface area (Å²) < 4.78 is 13.1. The van der Waals surface area contributed by atoms with E-state index in [1.54, 1.807) is 12.4 Å². The van der Waals surface area contributed by atoms with Gasteiger partial charge >= 0.3 is 0 Å². The third kappa shape index (κ3) is 3.32. The number of hydrogen-bond acceptors (Lipinski definition) is 3. The molecular weight excluding hydrogens is 263 g/mol. The molecule has 1 N–H and O–H groups in total. The monoisotopic (exact) mass is 276 g/mol. The summed E-state index contributed by atoms with van der Waals surface area (Å²) in [6.07, 6.45) is 3.34. The van der Waals surface area contributed by atoms with Crippen molar-refractivity contribution >= 4 is 18.5 Å². The van der Waals surface area contributed by atoms with E-state index in [4.69, 9.17) is 0 Å². The maximum absolute atomic E-state index is 13.1. The van der Waals surface area contributed by atoms with E-state index in [1.165, 1.54) is 18.2 Å². The summed E-state index contributed by atoms with van der Waals surface area (Å²) in [5, 5.41) is 2.84. The van der Waals surface area contributed by atoms with E-state index in [0.29, 0.717) is 5.56 Å². The van der Waals surface area contributed by atoms with E-state index >= 15 is 0 Å². The summed E-state index contributed by atoms with van der Waals surface area (Å²) in [7, 11) is 0. The minimum Gasteiger partial charge on any atom is -0.346 e. The highest BCUT2D eigenvalue weighted by molar-refractivity contribution is 7.80. The molecule has 2 rings (SSSR count). The van der Waals surface area contributed by atoms with Crippen LogP contribution in [-0.2, 0) is 0 Å². The van der Waals surface area contributed by atoms with Gasteiger partial charge in [-0.15, -0.1) is 12.6 Å². The molecule has 5 heteroatoms. The number of hydrogen-bond donors (Lipinski definition) is 2. The Labute approximate surface area is 116 Å². The highest BCUT2D eigenvalue weighted by Crippen LogP contribution is 2.16. The van der Waals surface area contributed by atoms with Crippen molar-refractivity contribution < 1.29 is 9.18 Å². The van der Waals surface area contributed by atoms with Crippen LogP contribution in [0, 0.1) is 5.82 Å². The first-order chi connectivity index (χ1) is 9.08. The van der Waals surface area contributed by atoms with E-state index in [2.05, 4.69) is 22.9 Å². The Morgan fingerprint density at radius 3 is 2.63 bits per heavy atom. The number of pyridine rings is 1. The fourth-order valence-corrected chi connectivity index (χ4v) is 1.88. The largest absolute Gasteiger partial charge is 0.346 e. The van der Waals surface area contributed by atoms with Crippen LogP contribution < -0.4 is 5.32 Å². The number of halogens is 1. The summed E-state index contributed by atoms with van der Waals surface area (Å²) in [5.41, 5.74) is 1.34. The highest BCUT2D eigenvalue weighted by atomic mass is 32.1. The molecule has 0 aliphatic heterocycles. The topological polar surface area (TPSA) is 42.0 Å². The van der Waals surface area contributed by atoms with Crippen LogP contribution in [0.2, 0.25) is 0 Å². The number of aromatic nitrogens is 1. The Bertz CT molecular complexity index is 589. The summed E-state index contributed by atoms with van der Waals surface area (Å²) in [5.74, 6) is -0.707. The number of carbonyl (C=O) groups is 1. The SMILES string of the molecule is CC(NC(=O)c1ccc(F)c(S)c1)c1ccncc1. The van der Waals surface area contributed by atoms with Crippen molar-refractivity contribution in [3.63, 3.8) is 0 Å². The smallest absolute Gasteiger partial charge is 0.251 e. The van der Waals surface area contributed by atoms with Gasteiger partial charge in [0.25, 0.3) is 5.91 Å². The molecule has 1 heterocycles. The molecule has 3 nitrogen and oxygen atoms in total. The summed E-state index contributed by atoms with van der Waals surface area (Å²) >= 11 is 3.96. The molecule has 0 bridgehead atoms. The summed E-state index contributed by atoms with van der Waals surface area (Å²) in [6.45, 7) is 1.87. The molecule has 0 radical (unpaired) electrons. The van der Waals surface area contributed by atoms with Crippen LogP contribution in [0.5, 0.6) is 0 Å². The molecule has 19 heavy (non-hydrogen) atoms. The quantitative estimate of drug-likeness (QED) is 0.846. The fraction of sp³-hybridized carbons (Fsp3) is 0.143. The zero-order chi connectivity index (χ0) is 13.8. The number of nitrogens with zero attached hydrogens (tertiary/aromatic N) is 1. The second-order valence-electron chi connectivity index (χ2n) is 4.14. The Morgan fingerprint density at radius 1 is 1.32 bits per heavy atom. The first-order valence-electron chi connectivity index (χ1n) is 5.77. The molecule has 0 saturated carbocycles. The van der Waals surface area contributed by atoms with Gasteiger partial charge in [0.05, 0.1) is 6.04 Å². The number of nitrogens with one attached hydrogen (secondary N) is 1. The molecule has 1 aromatic heterocycles. The van der Waals surface area contributed by atoms with Gasteiger partial charge in [0.2, 0.25) is 0 Å². The lowest BCUT2D eigenvalue weighted by molar-refractivity contribution is 0.0939. The zero-order valence-electron chi connectivity index (χ0n) is 10.3. The van der Waals surface area contributed by atoms with Gasteiger partial charge < -0.3 is 5.32 Å². The lowest BCUT2D eigenvalue weighted by Gasteiger charge is -2.14. The van der Waals surface area contributed by atoms with Gasteiger partial charge in [-0.25, -0.2) is 4.39 Å². The van der Waals surface area contributed by atoms with Crippen molar-refractivity contribution in [3.05, 3.63) is 59.7 Å². The maximum atomic E-state index is 13.1. The molecule has 0 spiro atoms. The molecule has 1 unspecified atom stereocenters. The number of carbonyl (C=O) groups excluding carboxylic acids is 1. The molecule has 0 aliphatic carbocycles. The average molecular weight is 276 g/mol. The Balaban J connectivity index is 2.11. The van der Waals surface area contributed by atoms with Crippen molar-refractivity contribution in [2.75, 3.05) is 0 Å². The Kier molecular flexibility index (Phi) is 4.16. The maximum Gasteiger partial charge on any atom is 0.251 e. The Hall–Kier alpha value is -1.88. The summed E-state index contributed by atoms with van der Waals surface area (Å²) in [4.78, 5) is 16.1. The van der Waals surface area contributed by atoms with E-state index < -0.39 is 5.82 Å². The predicted molar refractivity (Wildman–Crippen MR) is 73.8 cm³/mol. The molecular formula is C14H13FN2OS. The summed E-state index contributed by atoms with van der Waals surface area (Å²) in [6, 6.07) is 7.59. The van der Waals surface area contributed by atoms with Crippen LogP contribution in [0.1, 0.15) is 28.9 Å². The van der Waals surface area contributed by atoms with Gasteiger partial charge in [0.1, 0.15) is 5.82 Å². The molecule has 0 aliphatic rings. The van der Waals surface area contributed by atoms with Crippen LogP contribution in [-0.4, -0.2) is 10.9 Å². The van der Waals surface area contributed by atoms with Gasteiger partial charge in [-0.3, -0.25) is 9.78 Å². The van der Waals surface area contributed by atoms with E-state index in [0.717, 1.165) is 5.56 Å². The van der Waals surface area contributed by atoms with Crippen molar-refractivity contribution in [3.8, 4) is 0 Å². The molecule has 2 aromatic rings. The van der Waals surface area contributed by atoms with Crippen LogP contribution in [0.15, 0.2) is 47.6 Å². The van der Waals surface area contributed by atoms with E-state index in [1.807, 2.05) is 19.1 Å². The Morgan fingerprint density at radius 2 is 2.00 bits per heavy atom. The standard InChI is InChI=1S/C14H13FN2OS/c1-9(10-4-6-16-7-5-10)17-14(18)11-2-3-12(15)13(19)8-11/h2-9,19H,1H3,(H,17,18). The van der Waals surface area contributed by atoms with Crippen molar-refractivity contribution in [2.45, 2.75) is 17.9 Å². The number of benzene rings is 1. The van der Waals surface area contributed by atoms with Crippen LogP contribution in [0.3, 0.4) is 0 Å². The first-order valence-corrected chi connectivity index (χ1v) is 6.22. The molecule has 0 saturated heterocycles. The van der Waals surface area contributed by atoms with Gasteiger partial charge in [-0.1, -0.05) is 0 Å². The average Bonchev–Trinajstić information content (AvgIpc) is 2.42. The second-order valence-corrected chi connectivity index (χ2v) is 4.62. The normalized spacial score (nSPS) is 11.9. The fourth-order valence-electron chi connectivity index (χ4n) is 1.67. The van der Waals surface area contributed by atoms with E-state index in [9.17, 15) is 9.18 Å². The minimum atomic E-state index is -0.443. The third-order valence-electron chi connectivity index (χ3n) is 2.76. The minimum absolute atomic E-state index is 0.149. The van der Waals surface area contributed by atoms with Gasteiger partial charge in [0.15, 0.2) is 0 Å². The van der Waals surface area contributed by atoms with Gasteiger partial charge in [0, 0.05) is 22.9 Å². The molecule has 98 valence electrons. The second kappa shape index (κ2) is 5.84. The molecule has 1 atom stereocenters. The highest BCUT2D eigenvalue weighted by Gasteiger charge is 2.12. The molecule has 1 amide bonds. The van der Waals surface area contributed by atoms with Crippen LogP contribution >= 0.6 is 12.6 Å². The van der Waals surface area contributed by atoms with Crippen LogP contribution in [0.25, 0.3) is 0 Å². The predicted octanol–water partition coefficient (Wildman–Crippen LogP) is 3.00. The number of thiol groups is 1. The van der Waals surface area contributed by atoms with Gasteiger partial charge in [-0.2, -0.15) is 0 Å². The van der Waals surface area contributed by atoms with Gasteiger partial charge in [-0.05, 0) is 42.8 Å². The first kappa shape index (κ1) is 13.5. The van der Waals surface area contributed by atoms with Crippen LogP contribution in [0.4, 0.5) is 4.39 Å². The van der Waals surface area contributed by atoms with Crippen molar-refractivity contribution in [1.29, 1.82) is 0 Å².